The molecule has 6 heteroatoms. The molecule has 1 aliphatic heterocycles. The molecular formula is C12H13N3O2S. The highest BCUT2D eigenvalue weighted by molar-refractivity contribution is 7.15. The first-order valence-corrected chi connectivity index (χ1v) is 7.16. The second-order valence-electron chi connectivity index (χ2n) is 5.50. The summed E-state index contributed by atoms with van der Waals surface area (Å²) in [6, 6.07) is 0. The fraction of sp³-hybridized carbons (Fsp3) is 0.667. The second kappa shape index (κ2) is 3.38. The first-order valence-electron chi connectivity index (χ1n) is 6.34. The first-order chi connectivity index (χ1) is 8.66. The van der Waals surface area contributed by atoms with Crippen LogP contribution in [0.5, 0.6) is 0 Å². The van der Waals surface area contributed by atoms with Crippen LogP contribution in [0.25, 0.3) is 0 Å². The second-order valence-corrected chi connectivity index (χ2v) is 6.66. The maximum absolute atomic E-state index is 12.4. The zero-order valence-electron chi connectivity index (χ0n) is 10.00. The molecule has 2 heterocycles. The van der Waals surface area contributed by atoms with Gasteiger partial charge in [0.15, 0.2) is 0 Å². The van der Waals surface area contributed by atoms with Crippen LogP contribution in [0.4, 0.5) is 5.13 Å². The molecule has 0 unspecified atom stereocenters. The van der Waals surface area contributed by atoms with Gasteiger partial charge < -0.3 is 0 Å². The zero-order chi connectivity index (χ0) is 12.4. The summed E-state index contributed by atoms with van der Waals surface area (Å²) in [4.78, 5) is 26.2. The van der Waals surface area contributed by atoms with E-state index in [-0.39, 0.29) is 23.7 Å². The lowest BCUT2D eigenvalue weighted by atomic mass is 9.81. The van der Waals surface area contributed by atoms with Crippen molar-refractivity contribution in [3.05, 3.63) is 5.01 Å². The van der Waals surface area contributed by atoms with E-state index in [0.29, 0.717) is 17.0 Å². The Balaban J connectivity index is 1.75. The van der Waals surface area contributed by atoms with Gasteiger partial charge in [0.2, 0.25) is 16.9 Å². The third kappa shape index (κ3) is 1.16. The SMILES string of the molecule is Cc1nnc(N2C(=O)[C@@H]3[C@H]4CC[C@@H](C4)[C@@H]3C2=O)s1. The topological polar surface area (TPSA) is 63.2 Å². The predicted octanol–water partition coefficient (Wildman–Crippen LogP) is 1.38. The molecule has 2 amide bonds. The molecule has 1 saturated heterocycles. The zero-order valence-corrected chi connectivity index (χ0v) is 10.8. The number of rotatable bonds is 1. The van der Waals surface area contributed by atoms with Gasteiger partial charge in [-0.1, -0.05) is 11.3 Å². The van der Waals surface area contributed by atoms with Gasteiger partial charge in [0.1, 0.15) is 5.01 Å². The van der Waals surface area contributed by atoms with E-state index < -0.39 is 0 Å². The largest absolute Gasteiger partial charge is 0.274 e. The van der Waals surface area contributed by atoms with Crippen molar-refractivity contribution in [3.8, 4) is 0 Å². The average molecular weight is 263 g/mol. The van der Waals surface area contributed by atoms with E-state index in [1.54, 1.807) is 0 Å². The molecule has 3 aliphatic rings. The van der Waals surface area contributed by atoms with Gasteiger partial charge in [0.25, 0.3) is 0 Å². The number of carbonyl (C=O) groups excluding carboxylic acids is 2. The molecule has 4 atom stereocenters. The minimum atomic E-state index is -0.0690. The van der Waals surface area contributed by atoms with Gasteiger partial charge in [-0.3, -0.25) is 9.59 Å². The van der Waals surface area contributed by atoms with Crippen LogP contribution in [0.3, 0.4) is 0 Å². The highest BCUT2D eigenvalue weighted by atomic mass is 32.1. The average Bonchev–Trinajstić information content (AvgIpc) is 3.05. The highest BCUT2D eigenvalue weighted by Crippen LogP contribution is 2.56. The van der Waals surface area contributed by atoms with Crippen molar-refractivity contribution in [1.29, 1.82) is 0 Å². The molecule has 2 bridgehead atoms. The number of aromatic nitrogens is 2. The molecule has 5 nitrogen and oxygen atoms in total. The normalized spacial score (nSPS) is 37.7. The van der Waals surface area contributed by atoms with E-state index in [2.05, 4.69) is 10.2 Å². The Kier molecular flexibility index (Phi) is 1.99. The van der Waals surface area contributed by atoms with Gasteiger partial charge >= 0.3 is 0 Å². The number of hydrogen-bond acceptors (Lipinski definition) is 5. The molecule has 2 aliphatic carbocycles. The van der Waals surface area contributed by atoms with E-state index in [1.165, 1.54) is 16.2 Å². The van der Waals surface area contributed by atoms with Crippen molar-refractivity contribution in [2.24, 2.45) is 23.7 Å². The summed E-state index contributed by atoms with van der Waals surface area (Å²) >= 11 is 1.32. The fourth-order valence-electron chi connectivity index (χ4n) is 3.97. The van der Waals surface area contributed by atoms with E-state index in [9.17, 15) is 9.59 Å². The summed E-state index contributed by atoms with van der Waals surface area (Å²) in [5.74, 6) is 0.647. The predicted molar refractivity (Wildman–Crippen MR) is 65.0 cm³/mol. The maximum Gasteiger partial charge on any atom is 0.239 e. The van der Waals surface area contributed by atoms with Gasteiger partial charge in [0, 0.05) is 0 Å². The Labute approximate surface area is 108 Å². The van der Waals surface area contributed by atoms with E-state index in [4.69, 9.17) is 0 Å². The summed E-state index contributed by atoms with van der Waals surface area (Å²) in [6.07, 6.45) is 3.28. The van der Waals surface area contributed by atoms with Crippen molar-refractivity contribution in [2.75, 3.05) is 4.90 Å². The molecule has 0 N–H and O–H groups in total. The molecule has 0 radical (unpaired) electrons. The molecule has 4 rings (SSSR count). The van der Waals surface area contributed by atoms with Crippen LogP contribution in [0.1, 0.15) is 24.3 Å². The van der Waals surface area contributed by atoms with Crippen LogP contribution in [0.15, 0.2) is 0 Å². The Morgan fingerprint density at radius 2 is 1.72 bits per heavy atom. The molecule has 1 aromatic heterocycles. The van der Waals surface area contributed by atoms with Gasteiger partial charge in [-0.15, -0.1) is 10.2 Å². The smallest absolute Gasteiger partial charge is 0.239 e. The Morgan fingerprint density at radius 1 is 1.11 bits per heavy atom. The van der Waals surface area contributed by atoms with Crippen LogP contribution < -0.4 is 4.90 Å². The number of carbonyl (C=O) groups is 2. The molecule has 94 valence electrons. The molecule has 1 aromatic rings. The van der Waals surface area contributed by atoms with Crippen LogP contribution in [-0.4, -0.2) is 22.0 Å². The minimum absolute atomic E-state index is 0.0339. The Morgan fingerprint density at radius 3 is 2.22 bits per heavy atom. The van der Waals surface area contributed by atoms with Crippen molar-refractivity contribution in [2.45, 2.75) is 26.2 Å². The third-order valence-corrected chi connectivity index (χ3v) is 5.46. The highest BCUT2D eigenvalue weighted by Gasteiger charge is 2.61. The fourth-order valence-corrected chi connectivity index (χ4v) is 4.67. The summed E-state index contributed by atoms with van der Waals surface area (Å²) in [5.41, 5.74) is 0. The number of imide groups is 1. The maximum atomic E-state index is 12.4. The number of hydrogen-bond donors (Lipinski definition) is 0. The summed E-state index contributed by atoms with van der Waals surface area (Å²) < 4.78 is 0. The van der Waals surface area contributed by atoms with Crippen molar-refractivity contribution in [3.63, 3.8) is 0 Å². The van der Waals surface area contributed by atoms with Crippen LogP contribution >= 0.6 is 11.3 Å². The molecule has 3 fully saturated rings. The number of amides is 2. The lowest BCUT2D eigenvalue weighted by Crippen LogP contribution is -2.32. The summed E-state index contributed by atoms with van der Waals surface area (Å²) in [6.45, 7) is 1.83. The van der Waals surface area contributed by atoms with E-state index in [1.807, 2.05) is 6.92 Å². The van der Waals surface area contributed by atoms with Gasteiger partial charge in [-0.25, -0.2) is 4.90 Å². The summed E-state index contributed by atoms with van der Waals surface area (Å²) in [7, 11) is 0. The Bertz CT molecular complexity index is 527. The minimum Gasteiger partial charge on any atom is -0.274 e. The van der Waals surface area contributed by atoms with Crippen molar-refractivity contribution >= 4 is 28.3 Å². The Hall–Kier alpha value is -1.30. The van der Waals surface area contributed by atoms with Crippen molar-refractivity contribution in [1.82, 2.24) is 10.2 Å². The molecule has 2 saturated carbocycles. The monoisotopic (exact) mass is 263 g/mol. The van der Waals surface area contributed by atoms with Crippen LogP contribution in [0.2, 0.25) is 0 Å². The van der Waals surface area contributed by atoms with E-state index in [0.717, 1.165) is 24.3 Å². The van der Waals surface area contributed by atoms with Gasteiger partial charge in [-0.05, 0) is 38.0 Å². The quantitative estimate of drug-likeness (QED) is 0.718. The number of aryl methyl sites for hydroxylation is 1. The number of nitrogens with zero attached hydrogens (tertiary/aromatic N) is 3. The molecule has 18 heavy (non-hydrogen) atoms. The van der Waals surface area contributed by atoms with Gasteiger partial charge in [-0.2, -0.15) is 0 Å². The molecule has 0 aromatic carbocycles. The van der Waals surface area contributed by atoms with Crippen molar-refractivity contribution < 1.29 is 9.59 Å². The first kappa shape index (κ1) is 10.6. The summed E-state index contributed by atoms with van der Waals surface area (Å²) in [5, 5.41) is 9.09. The molecule has 0 spiro atoms. The number of anilines is 1. The van der Waals surface area contributed by atoms with Gasteiger partial charge in [0.05, 0.1) is 11.8 Å². The molecular weight excluding hydrogens is 250 g/mol. The standard InChI is InChI=1S/C12H13N3O2S/c1-5-13-14-12(18-5)15-10(16)8-6-2-3-7(4-6)9(8)11(15)17/h6-9H,2-4H2,1H3/t6-,7-,8-,9+/m0/s1. The van der Waals surface area contributed by atoms with Crippen LogP contribution in [-0.2, 0) is 9.59 Å². The number of fused-ring (bicyclic) bond motifs is 5. The third-order valence-electron chi connectivity index (χ3n) is 4.63. The lowest BCUT2D eigenvalue weighted by molar-refractivity contribution is -0.123. The van der Waals surface area contributed by atoms with Crippen LogP contribution in [0, 0.1) is 30.6 Å². The lowest BCUT2D eigenvalue weighted by Gasteiger charge is -2.19. The van der Waals surface area contributed by atoms with E-state index >= 15 is 0 Å².